The van der Waals surface area contributed by atoms with Crippen molar-refractivity contribution in [1.29, 1.82) is 0 Å². The number of amides is 1. The number of hydrogen-bond donors (Lipinski definition) is 1. The van der Waals surface area contributed by atoms with Gasteiger partial charge in [-0.3, -0.25) is 14.9 Å². The predicted molar refractivity (Wildman–Crippen MR) is 94.7 cm³/mol. The largest absolute Gasteiger partial charge is 0.377 e. The minimum Gasteiger partial charge on any atom is -0.377 e. The number of benzene rings is 1. The second-order valence-electron chi connectivity index (χ2n) is 7.19. The molecule has 1 amide bonds. The molecule has 2 atom stereocenters. The van der Waals surface area contributed by atoms with E-state index in [1.807, 2.05) is 0 Å². The molecule has 0 spiro atoms. The van der Waals surface area contributed by atoms with Crippen LogP contribution < -0.4 is 10.2 Å². The Kier molecular flexibility index (Phi) is 5.22. The molecule has 1 aromatic carbocycles. The highest BCUT2D eigenvalue weighted by molar-refractivity contribution is 5.82. The molecule has 1 N–H and O–H groups in total. The zero-order valence-corrected chi connectivity index (χ0v) is 14.7. The third-order valence-electron chi connectivity index (χ3n) is 5.01. The van der Waals surface area contributed by atoms with E-state index in [4.69, 9.17) is 4.74 Å². The normalized spacial score (nSPS) is 22.3. The molecule has 7 nitrogen and oxygen atoms in total. The molecule has 7 heteroatoms. The van der Waals surface area contributed by atoms with Crippen molar-refractivity contribution in [3.8, 4) is 0 Å². The van der Waals surface area contributed by atoms with Gasteiger partial charge < -0.3 is 15.0 Å². The summed E-state index contributed by atoms with van der Waals surface area (Å²) in [7, 11) is 0. The molecular weight excluding hydrogens is 322 g/mol. The summed E-state index contributed by atoms with van der Waals surface area (Å²) in [6.45, 7) is 6.72. The van der Waals surface area contributed by atoms with Crippen molar-refractivity contribution in [3.63, 3.8) is 0 Å². The lowest BCUT2D eigenvalue weighted by molar-refractivity contribution is -0.384. The van der Waals surface area contributed by atoms with Gasteiger partial charge in [-0.2, -0.15) is 0 Å². The average Bonchev–Trinajstić information content (AvgIpc) is 2.60. The van der Waals surface area contributed by atoms with Crippen LogP contribution in [0.15, 0.2) is 18.2 Å². The molecule has 136 valence electrons. The Morgan fingerprint density at radius 2 is 2.28 bits per heavy atom. The zero-order chi connectivity index (χ0) is 18.0. The number of carbonyl (C=O) groups excluding carboxylic acids is 1. The molecule has 25 heavy (non-hydrogen) atoms. The third kappa shape index (κ3) is 3.76. The number of rotatable bonds is 5. The van der Waals surface area contributed by atoms with Gasteiger partial charge in [-0.1, -0.05) is 13.8 Å². The SMILES string of the molecule is CC(C)CCNC(=O)[C@H]1Cc2cc([N+](=O)[O-])ccc2N2CCOC[C@H]12. The lowest BCUT2D eigenvalue weighted by Crippen LogP contribution is -2.56. The van der Waals surface area contributed by atoms with Crippen LogP contribution in [0.25, 0.3) is 0 Å². The molecule has 0 radical (unpaired) electrons. The van der Waals surface area contributed by atoms with Gasteiger partial charge in [0.05, 0.1) is 30.1 Å². The van der Waals surface area contributed by atoms with E-state index in [2.05, 4.69) is 24.1 Å². The lowest BCUT2D eigenvalue weighted by atomic mass is 9.84. The molecule has 0 aliphatic carbocycles. The van der Waals surface area contributed by atoms with E-state index in [9.17, 15) is 14.9 Å². The molecule has 0 unspecified atom stereocenters. The smallest absolute Gasteiger partial charge is 0.269 e. The van der Waals surface area contributed by atoms with Crippen molar-refractivity contribution in [1.82, 2.24) is 5.32 Å². The maximum atomic E-state index is 12.7. The standard InChI is InChI=1S/C18H25N3O4/c1-12(2)5-6-19-18(22)15-10-13-9-14(21(23)24)3-4-16(13)20-7-8-25-11-17(15)20/h3-4,9,12,15,17H,5-8,10-11H2,1-2H3,(H,19,22)/t15-,17+/m0/s1. The van der Waals surface area contributed by atoms with Gasteiger partial charge in [-0.05, 0) is 30.4 Å². The quantitative estimate of drug-likeness (QED) is 0.651. The van der Waals surface area contributed by atoms with Crippen LogP contribution in [0.3, 0.4) is 0 Å². The van der Waals surface area contributed by atoms with Crippen molar-refractivity contribution in [2.75, 3.05) is 31.2 Å². The number of anilines is 1. The van der Waals surface area contributed by atoms with E-state index >= 15 is 0 Å². The van der Waals surface area contributed by atoms with E-state index in [-0.39, 0.29) is 28.5 Å². The summed E-state index contributed by atoms with van der Waals surface area (Å²) >= 11 is 0. The topological polar surface area (TPSA) is 84.7 Å². The fraction of sp³-hybridized carbons (Fsp3) is 0.611. The summed E-state index contributed by atoms with van der Waals surface area (Å²) < 4.78 is 5.61. The first-order chi connectivity index (χ1) is 12.0. The first-order valence-electron chi connectivity index (χ1n) is 8.86. The first-order valence-corrected chi connectivity index (χ1v) is 8.86. The fourth-order valence-corrected chi connectivity index (χ4v) is 3.64. The number of nitro benzene ring substituents is 1. The Bertz CT molecular complexity index is 662. The van der Waals surface area contributed by atoms with Gasteiger partial charge in [-0.15, -0.1) is 0 Å². The van der Waals surface area contributed by atoms with Crippen molar-refractivity contribution in [3.05, 3.63) is 33.9 Å². The molecule has 0 bridgehead atoms. The Labute approximate surface area is 147 Å². The Morgan fingerprint density at radius 3 is 3.00 bits per heavy atom. The Balaban J connectivity index is 1.83. The van der Waals surface area contributed by atoms with E-state index < -0.39 is 0 Å². The predicted octanol–water partition coefficient (Wildman–Crippen LogP) is 2.13. The van der Waals surface area contributed by atoms with Crippen LogP contribution in [0.1, 0.15) is 25.8 Å². The number of nitro groups is 1. The van der Waals surface area contributed by atoms with Gasteiger partial charge in [0.2, 0.25) is 5.91 Å². The maximum Gasteiger partial charge on any atom is 0.269 e. The van der Waals surface area contributed by atoms with Gasteiger partial charge in [0.15, 0.2) is 0 Å². The summed E-state index contributed by atoms with van der Waals surface area (Å²) in [6.07, 6.45) is 1.44. The van der Waals surface area contributed by atoms with Crippen LogP contribution in [0, 0.1) is 22.0 Å². The fourth-order valence-electron chi connectivity index (χ4n) is 3.64. The summed E-state index contributed by atoms with van der Waals surface area (Å²) in [6, 6.07) is 4.93. The Morgan fingerprint density at radius 1 is 1.48 bits per heavy atom. The molecule has 1 aromatic rings. The number of non-ortho nitro benzene ring substituents is 1. The average molecular weight is 347 g/mol. The summed E-state index contributed by atoms with van der Waals surface area (Å²) in [5, 5.41) is 14.1. The van der Waals surface area contributed by atoms with Crippen molar-refractivity contribution >= 4 is 17.3 Å². The molecule has 0 saturated carbocycles. The van der Waals surface area contributed by atoms with Gasteiger partial charge in [0.1, 0.15) is 0 Å². The zero-order valence-electron chi connectivity index (χ0n) is 14.7. The molecule has 1 fully saturated rings. The molecule has 2 heterocycles. The van der Waals surface area contributed by atoms with Gasteiger partial charge in [-0.25, -0.2) is 0 Å². The maximum absolute atomic E-state index is 12.7. The lowest BCUT2D eigenvalue weighted by Gasteiger charge is -2.45. The van der Waals surface area contributed by atoms with Gasteiger partial charge >= 0.3 is 0 Å². The number of carbonyl (C=O) groups is 1. The van der Waals surface area contributed by atoms with E-state index in [1.165, 1.54) is 6.07 Å². The first kappa shape index (κ1) is 17.7. The van der Waals surface area contributed by atoms with Crippen LogP contribution in [0.4, 0.5) is 11.4 Å². The van der Waals surface area contributed by atoms with Crippen molar-refractivity contribution in [2.24, 2.45) is 11.8 Å². The number of fused-ring (bicyclic) bond motifs is 3. The highest BCUT2D eigenvalue weighted by Crippen LogP contribution is 2.37. The Hall–Kier alpha value is -2.15. The second-order valence-corrected chi connectivity index (χ2v) is 7.19. The minimum atomic E-state index is -0.386. The summed E-state index contributed by atoms with van der Waals surface area (Å²) in [5.74, 6) is 0.296. The molecule has 2 aliphatic heterocycles. The number of morpholine rings is 1. The van der Waals surface area contributed by atoms with Crippen LogP contribution in [-0.4, -0.2) is 43.2 Å². The highest BCUT2D eigenvalue weighted by Gasteiger charge is 2.40. The third-order valence-corrected chi connectivity index (χ3v) is 5.01. The summed E-state index contributed by atoms with van der Waals surface area (Å²) in [5.41, 5.74) is 1.94. The molecule has 0 aromatic heterocycles. The van der Waals surface area contributed by atoms with E-state index in [1.54, 1.807) is 12.1 Å². The van der Waals surface area contributed by atoms with Crippen LogP contribution >= 0.6 is 0 Å². The molecular formula is C18H25N3O4. The number of ether oxygens (including phenoxy) is 1. The monoisotopic (exact) mass is 347 g/mol. The van der Waals surface area contributed by atoms with Gasteiger partial charge in [0, 0.05) is 30.9 Å². The minimum absolute atomic E-state index is 0.0123. The second kappa shape index (κ2) is 7.39. The molecule has 1 saturated heterocycles. The number of nitrogens with zero attached hydrogens (tertiary/aromatic N) is 2. The molecule has 3 rings (SSSR count). The van der Waals surface area contributed by atoms with E-state index in [0.717, 1.165) is 17.7 Å². The number of nitrogens with one attached hydrogen (secondary N) is 1. The highest BCUT2D eigenvalue weighted by atomic mass is 16.6. The van der Waals surface area contributed by atoms with Gasteiger partial charge in [0.25, 0.3) is 5.69 Å². The van der Waals surface area contributed by atoms with E-state index in [0.29, 0.717) is 38.6 Å². The number of hydrogen-bond acceptors (Lipinski definition) is 5. The van der Waals surface area contributed by atoms with Crippen molar-refractivity contribution in [2.45, 2.75) is 32.7 Å². The van der Waals surface area contributed by atoms with Crippen LogP contribution in [0.5, 0.6) is 0 Å². The van der Waals surface area contributed by atoms with Crippen molar-refractivity contribution < 1.29 is 14.5 Å². The van der Waals surface area contributed by atoms with Crippen LogP contribution in [-0.2, 0) is 16.0 Å². The summed E-state index contributed by atoms with van der Waals surface area (Å²) in [4.78, 5) is 25.6. The van der Waals surface area contributed by atoms with Crippen LogP contribution in [0.2, 0.25) is 0 Å². The molecule has 2 aliphatic rings.